The molecule has 0 fully saturated rings. The highest BCUT2D eigenvalue weighted by Crippen LogP contribution is 2.34. The maximum absolute atomic E-state index is 12.6. The van der Waals surface area contributed by atoms with Crippen molar-refractivity contribution in [1.29, 1.82) is 0 Å². The van der Waals surface area contributed by atoms with Crippen molar-refractivity contribution in [1.82, 2.24) is 0 Å². The summed E-state index contributed by atoms with van der Waals surface area (Å²) >= 11 is 3.29. The maximum atomic E-state index is 12.6. The van der Waals surface area contributed by atoms with Crippen LogP contribution < -0.4 is 4.31 Å². The first kappa shape index (κ1) is 13.3. The van der Waals surface area contributed by atoms with Gasteiger partial charge < -0.3 is 0 Å². The van der Waals surface area contributed by atoms with E-state index in [0.717, 1.165) is 8.78 Å². The summed E-state index contributed by atoms with van der Waals surface area (Å²) in [6.07, 6.45) is 0. The van der Waals surface area contributed by atoms with Gasteiger partial charge in [-0.3, -0.25) is 9.10 Å². The van der Waals surface area contributed by atoms with Crippen molar-refractivity contribution < 1.29 is 13.2 Å². The summed E-state index contributed by atoms with van der Waals surface area (Å²) in [6, 6.07) is 13.1. The summed E-state index contributed by atoms with van der Waals surface area (Å²) in [7, 11) is -3.70. The summed E-state index contributed by atoms with van der Waals surface area (Å²) in [4.78, 5) is 12.2. The zero-order chi connectivity index (χ0) is 14.3. The van der Waals surface area contributed by atoms with Gasteiger partial charge in [0.05, 0.1) is 17.1 Å². The number of ketones is 1. The third-order valence-corrected chi connectivity index (χ3v) is 5.41. The smallest absolute Gasteiger partial charge is 0.264 e. The Bertz CT molecular complexity index is 787. The predicted molar refractivity (Wildman–Crippen MR) is 79.4 cm³/mol. The SMILES string of the molecule is O=C1CN(S(=O)(=O)c2ccccc2)c2ccc(Br)cc21. The average molecular weight is 352 g/mol. The molecule has 0 atom stereocenters. The molecule has 1 aliphatic rings. The second kappa shape index (κ2) is 4.71. The van der Waals surface area contributed by atoms with Crippen molar-refractivity contribution in [3.05, 3.63) is 58.6 Å². The molecular weight excluding hydrogens is 342 g/mol. The first-order valence-corrected chi connectivity index (χ1v) is 8.14. The number of fused-ring (bicyclic) bond motifs is 1. The third kappa shape index (κ3) is 2.05. The summed E-state index contributed by atoms with van der Waals surface area (Å²) in [5, 5.41) is 0. The molecule has 0 radical (unpaired) electrons. The van der Waals surface area contributed by atoms with Crippen LogP contribution in [0.3, 0.4) is 0 Å². The first-order valence-electron chi connectivity index (χ1n) is 5.91. The summed E-state index contributed by atoms with van der Waals surface area (Å²) in [6.45, 7) is -0.150. The molecule has 0 N–H and O–H groups in total. The lowest BCUT2D eigenvalue weighted by atomic mass is 10.1. The molecule has 0 saturated heterocycles. The van der Waals surface area contributed by atoms with Gasteiger partial charge in [-0.15, -0.1) is 0 Å². The van der Waals surface area contributed by atoms with Crippen LogP contribution in [0.5, 0.6) is 0 Å². The van der Waals surface area contributed by atoms with Crippen molar-refractivity contribution in [2.24, 2.45) is 0 Å². The number of rotatable bonds is 2. The van der Waals surface area contributed by atoms with E-state index in [1.54, 1.807) is 36.4 Å². The molecule has 0 spiro atoms. The minimum Gasteiger partial charge on any atom is -0.292 e. The zero-order valence-electron chi connectivity index (χ0n) is 10.3. The Morgan fingerprint density at radius 3 is 2.45 bits per heavy atom. The highest BCUT2D eigenvalue weighted by molar-refractivity contribution is 9.10. The molecule has 2 aromatic carbocycles. The molecule has 0 unspecified atom stereocenters. The van der Waals surface area contributed by atoms with E-state index in [2.05, 4.69) is 15.9 Å². The molecule has 102 valence electrons. The van der Waals surface area contributed by atoms with Crippen LogP contribution in [0.25, 0.3) is 0 Å². The van der Waals surface area contributed by atoms with E-state index in [1.807, 2.05) is 0 Å². The fourth-order valence-corrected chi connectivity index (χ4v) is 4.01. The lowest BCUT2D eigenvalue weighted by molar-refractivity contribution is 0.101. The van der Waals surface area contributed by atoms with Crippen LogP contribution in [-0.2, 0) is 10.0 Å². The van der Waals surface area contributed by atoms with Crippen LogP contribution in [0.2, 0.25) is 0 Å². The molecule has 0 saturated carbocycles. The van der Waals surface area contributed by atoms with Gasteiger partial charge in [0.1, 0.15) is 0 Å². The Morgan fingerprint density at radius 1 is 1.05 bits per heavy atom. The van der Waals surface area contributed by atoms with E-state index < -0.39 is 10.0 Å². The van der Waals surface area contributed by atoms with Crippen molar-refractivity contribution >= 4 is 37.4 Å². The minimum absolute atomic E-state index is 0.150. The van der Waals surface area contributed by atoms with E-state index in [1.165, 1.54) is 12.1 Å². The van der Waals surface area contributed by atoms with Crippen molar-refractivity contribution in [2.75, 3.05) is 10.8 Å². The Morgan fingerprint density at radius 2 is 1.75 bits per heavy atom. The predicted octanol–water partition coefficient (Wildman–Crippen LogP) is 2.84. The van der Waals surface area contributed by atoms with Gasteiger partial charge in [-0.2, -0.15) is 0 Å². The van der Waals surface area contributed by atoms with Gasteiger partial charge in [0.25, 0.3) is 10.0 Å². The van der Waals surface area contributed by atoms with Gasteiger partial charge in [0.2, 0.25) is 0 Å². The molecule has 4 nitrogen and oxygen atoms in total. The minimum atomic E-state index is -3.70. The number of sulfonamides is 1. The molecule has 2 aromatic rings. The van der Waals surface area contributed by atoms with Crippen molar-refractivity contribution in [3.8, 4) is 0 Å². The van der Waals surface area contributed by atoms with Gasteiger partial charge >= 0.3 is 0 Å². The van der Waals surface area contributed by atoms with Crippen LogP contribution >= 0.6 is 15.9 Å². The highest BCUT2D eigenvalue weighted by Gasteiger charge is 2.35. The second-order valence-corrected chi connectivity index (χ2v) is 7.19. The molecule has 3 rings (SSSR count). The van der Waals surface area contributed by atoms with E-state index in [9.17, 15) is 13.2 Å². The highest BCUT2D eigenvalue weighted by atomic mass is 79.9. The van der Waals surface area contributed by atoms with Crippen LogP contribution in [0.15, 0.2) is 57.9 Å². The van der Waals surface area contributed by atoms with Gasteiger partial charge in [0, 0.05) is 10.0 Å². The largest absolute Gasteiger partial charge is 0.292 e. The molecule has 1 aliphatic heterocycles. The third-order valence-electron chi connectivity index (χ3n) is 3.15. The van der Waals surface area contributed by atoms with Crippen LogP contribution in [0, 0.1) is 0 Å². The molecule has 0 amide bonds. The molecular formula is C14H10BrNO3S. The number of anilines is 1. The van der Waals surface area contributed by atoms with Crippen LogP contribution in [-0.4, -0.2) is 20.7 Å². The second-order valence-electron chi connectivity index (χ2n) is 4.41. The standard InChI is InChI=1S/C14H10BrNO3S/c15-10-6-7-13-12(8-10)14(17)9-16(13)20(18,19)11-4-2-1-3-5-11/h1-8H,9H2. The van der Waals surface area contributed by atoms with E-state index >= 15 is 0 Å². The fraction of sp³-hybridized carbons (Fsp3) is 0.0714. The Kier molecular flexibility index (Phi) is 3.14. The van der Waals surface area contributed by atoms with Gasteiger partial charge in [0.15, 0.2) is 5.78 Å². The maximum Gasteiger partial charge on any atom is 0.264 e. The quantitative estimate of drug-likeness (QED) is 0.835. The van der Waals surface area contributed by atoms with Gasteiger partial charge in [-0.25, -0.2) is 8.42 Å². The number of hydrogen-bond acceptors (Lipinski definition) is 3. The van der Waals surface area contributed by atoms with Crippen molar-refractivity contribution in [3.63, 3.8) is 0 Å². The van der Waals surface area contributed by atoms with E-state index in [-0.39, 0.29) is 17.2 Å². The Hall–Kier alpha value is -1.66. The molecule has 0 aromatic heterocycles. The lowest BCUT2D eigenvalue weighted by Crippen LogP contribution is -2.30. The number of nitrogens with zero attached hydrogens (tertiary/aromatic N) is 1. The van der Waals surface area contributed by atoms with Gasteiger partial charge in [-0.05, 0) is 30.3 Å². The summed E-state index contributed by atoms with van der Waals surface area (Å²) < 4.78 is 27.1. The van der Waals surface area contributed by atoms with Crippen molar-refractivity contribution in [2.45, 2.75) is 4.90 Å². The topological polar surface area (TPSA) is 54.5 Å². The van der Waals surface area contributed by atoms with E-state index in [0.29, 0.717) is 11.3 Å². The summed E-state index contributed by atoms with van der Waals surface area (Å²) in [5.41, 5.74) is 0.862. The molecule has 0 aliphatic carbocycles. The monoisotopic (exact) mass is 351 g/mol. The molecule has 1 heterocycles. The fourth-order valence-electron chi connectivity index (χ4n) is 2.18. The number of halogens is 1. The number of hydrogen-bond donors (Lipinski definition) is 0. The van der Waals surface area contributed by atoms with Gasteiger partial charge in [-0.1, -0.05) is 34.1 Å². The summed E-state index contributed by atoms with van der Waals surface area (Å²) in [5.74, 6) is -0.194. The number of carbonyl (C=O) groups is 1. The molecule has 6 heteroatoms. The Balaban J connectivity index is 2.13. The van der Waals surface area contributed by atoms with Crippen LogP contribution in [0.1, 0.15) is 10.4 Å². The van der Waals surface area contributed by atoms with Crippen LogP contribution in [0.4, 0.5) is 5.69 Å². The Labute approximate surface area is 125 Å². The molecule has 20 heavy (non-hydrogen) atoms. The zero-order valence-corrected chi connectivity index (χ0v) is 12.7. The average Bonchev–Trinajstić information content (AvgIpc) is 2.77. The first-order chi connectivity index (χ1) is 9.50. The number of Topliss-reactive ketones (excluding diaryl/α,β-unsaturated/α-hetero) is 1. The number of carbonyl (C=O) groups excluding carboxylic acids is 1. The normalized spacial score (nSPS) is 14.4. The lowest BCUT2D eigenvalue weighted by Gasteiger charge is -2.18. The number of benzene rings is 2. The van der Waals surface area contributed by atoms with E-state index in [4.69, 9.17) is 0 Å². The molecule has 0 bridgehead atoms.